The van der Waals surface area contributed by atoms with Gasteiger partial charge in [-0.25, -0.2) is 0 Å². The summed E-state index contributed by atoms with van der Waals surface area (Å²) in [6.45, 7) is 4.82. The zero-order valence-corrected chi connectivity index (χ0v) is 18.9. The molecule has 182 valence electrons. The highest BCUT2D eigenvalue weighted by Gasteiger charge is 2.41. The summed E-state index contributed by atoms with van der Waals surface area (Å²) in [7, 11) is 1.52. The number of hydrogen-bond acceptors (Lipinski definition) is 11. The smallest absolute Gasteiger partial charge is 0.216 e. The maximum absolute atomic E-state index is 10.4. The number of hydrogen-bond donors (Lipinski definition) is 8. The van der Waals surface area contributed by atoms with Crippen LogP contribution in [-0.2, 0) is 14.2 Å². The lowest BCUT2D eigenvalue weighted by Crippen LogP contribution is -2.58. The molecule has 1 saturated carbocycles. The van der Waals surface area contributed by atoms with Crippen molar-refractivity contribution >= 4 is 0 Å². The Labute approximate surface area is 184 Å². The van der Waals surface area contributed by atoms with Gasteiger partial charge in [0, 0.05) is 31.6 Å². The van der Waals surface area contributed by atoms with Gasteiger partial charge in [-0.15, -0.1) is 0 Å². The summed E-state index contributed by atoms with van der Waals surface area (Å²) in [5.41, 5.74) is 23.2. The van der Waals surface area contributed by atoms with Gasteiger partial charge in [0.2, 0.25) is 6.29 Å². The molecule has 1 saturated heterocycles. The van der Waals surface area contributed by atoms with Gasteiger partial charge in [-0.3, -0.25) is 0 Å². The number of aliphatic hydroxyl groups excluding tert-OH is 2. The Balaban J connectivity index is 2.07. The molecule has 0 radical (unpaired) electrons. The number of rotatable bonds is 8. The Morgan fingerprint density at radius 1 is 1.10 bits per heavy atom. The molecule has 31 heavy (non-hydrogen) atoms. The molecular weight excluding hydrogens is 406 g/mol. The molecule has 11 heteroatoms. The van der Waals surface area contributed by atoms with Crippen molar-refractivity contribution in [2.24, 2.45) is 22.9 Å². The van der Waals surface area contributed by atoms with Crippen molar-refractivity contribution in [3.63, 3.8) is 0 Å². The fraction of sp³-hybridized carbons (Fsp3) is 0.900. The molecular formula is C20H41N5O6. The first-order valence-corrected chi connectivity index (χ1v) is 10.9. The first-order chi connectivity index (χ1) is 14.3. The van der Waals surface area contributed by atoms with Crippen molar-refractivity contribution in [2.45, 2.75) is 107 Å². The summed E-state index contributed by atoms with van der Waals surface area (Å²) < 4.78 is 17.7. The largest absolute Gasteiger partial charge is 0.506 e. The van der Waals surface area contributed by atoms with Crippen LogP contribution in [0.25, 0.3) is 0 Å². The van der Waals surface area contributed by atoms with Crippen LogP contribution in [0.2, 0.25) is 0 Å². The third-order valence-corrected chi connectivity index (χ3v) is 5.96. The molecule has 9 atom stereocenters. The molecule has 2 fully saturated rings. The van der Waals surface area contributed by atoms with E-state index in [-0.39, 0.29) is 36.3 Å². The molecule has 0 aromatic rings. The Kier molecular flexibility index (Phi) is 9.08. The number of nitrogens with one attached hydrogen (secondary N) is 1. The quantitative estimate of drug-likeness (QED) is 0.158. The first-order valence-electron chi connectivity index (χ1n) is 10.9. The van der Waals surface area contributed by atoms with E-state index in [1.165, 1.54) is 20.9 Å². The zero-order valence-electron chi connectivity index (χ0n) is 18.9. The van der Waals surface area contributed by atoms with E-state index in [4.69, 9.17) is 37.1 Å². The van der Waals surface area contributed by atoms with Gasteiger partial charge in [0.05, 0.1) is 30.1 Å². The van der Waals surface area contributed by atoms with Gasteiger partial charge in [0.25, 0.3) is 0 Å². The van der Waals surface area contributed by atoms with Crippen molar-refractivity contribution in [3.8, 4) is 0 Å². The predicted molar refractivity (Wildman–Crippen MR) is 115 cm³/mol. The predicted octanol–water partition coefficient (Wildman–Crippen LogP) is -1.54. The van der Waals surface area contributed by atoms with Gasteiger partial charge in [0.1, 0.15) is 5.60 Å². The average molecular weight is 448 g/mol. The molecule has 1 aliphatic carbocycles. The molecule has 1 aliphatic heterocycles. The van der Waals surface area contributed by atoms with Gasteiger partial charge < -0.3 is 57.8 Å². The van der Waals surface area contributed by atoms with Crippen molar-refractivity contribution in [1.82, 2.24) is 5.32 Å². The molecule has 9 unspecified atom stereocenters. The summed E-state index contributed by atoms with van der Waals surface area (Å²) in [5.74, 6) is -0.521. The van der Waals surface area contributed by atoms with Gasteiger partial charge in [-0.1, -0.05) is 0 Å². The highest BCUT2D eigenvalue weighted by Crippen LogP contribution is 2.29. The fourth-order valence-electron chi connectivity index (χ4n) is 4.14. The van der Waals surface area contributed by atoms with E-state index in [0.717, 1.165) is 12.8 Å². The molecule has 0 amide bonds. The van der Waals surface area contributed by atoms with Gasteiger partial charge in [0.15, 0.2) is 12.0 Å². The number of ether oxygens (including phenoxy) is 3. The molecule has 2 rings (SSSR count). The van der Waals surface area contributed by atoms with E-state index in [2.05, 4.69) is 5.32 Å². The Bertz CT molecular complexity index is 613. The second-order valence-electron chi connectivity index (χ2n) is 9.21. The number of nitrogens with two attached hydrogens (primary N) is 4. The van der Waals surface area contributed by atoms with Crippen molar-refractivity contribution in [3.05, 3.63) is 11.5 Å². The maximum Gasteiger partial charge on any atom is 0.216 e. The van der Waals surface area contributed by atoms with E-state index in [1.807, 2.05) is 6.92 Å². The van der Waals surface area contributed by atoms with Crippen LogP contribution in [0.3, 0.4) is 0 Å². The van der Waals surface area contributed by atoms with Crippen LogP contribution in [0.15, 0.2) is 11.5 Å². The summed E-state index contributed by atoms with van der Waals surface area (Å²) in [4.78, 5) is 0. The molecule has 0 aromatic heterocycles. The highest BCUT2D eigenvalue weighted by molar-refractivity contribution is 5.17. The lowest BCUT2D eigenvalue weighted by molar-refractivity contribution is -0.242. The molecule has 1 heterocycles. The number of aliphatic hydroxyl groups is 3. The molecule has 0 spiro atoms. The minimum Gasteiger partial charge on any atom is -0.506 e. The van der Waals surface area contributed by atoms with Crippen molar-refractivity contribution in [2.75, 3.05) is 7.05 Å². The van der Waals surface area contributed by atoms with Gasteiger partial charge in [-0.2, -0.15) is 0 Å². The van der Waals surface area contributed by atoms with Crippen molar-refractivity contribution in [1.29, 1.82) is 0 Å². The van der Waals surface area contributed by atoms with E-state index < -0.39 is 42.2 Å². The fourth-order valence-corrected chi connectivity index (χ4v) is 4.14. The normalized spacial score (nSPS) is 37.7. The molecule has 2 aliphatic rings. The first kappa shape index (κ1) is 26.2. The summed E-state index contributed by atoms with van der Waals surface area (Å²) >= 11 is 0. The molecule has 0 aromatic carbocycles. The SMILES string of the molecule is CN/C(=C(/O)C(O)OC1CC(OC2OC(C(C)N)CCC2N)C(N)CC1N)C(C)(C)O. The van der Waals surface area contributed by atoms with Gasteiger partial charge >= 0.3 is 0 Å². The van der Waals surface area contributed by atoms with Crippen LogP contribution in [0, 0.1) is 0 Å². The zero-order chi connectivity index (χ0) is 23.5. The molecule has 0 bridgehead atoms. The average Bonchev–Trinajstić information content (AvgIpc) is 2.66. The summed E-state index contributed by atoms with van der Waals surface area (Å²) in [6, 6.07) is -1.30. The third-order valence-electron chi connectivity index (χ3n) is 5.96. The summed E-state index contributed by atoms with van der Waals surface area (Å²) in [5, 5.41) is 33.6. The van der Waals surface area contributed by atoms with Crippen molar-refractivity contribution < 1.29 is 29.5 Å². The molecule has 12 N–H and O–H groups in total. The van der Waals surface area contributed by atoms with E-state index >= 15 is 0 Å². The van der Waals surface area contributed by atoms with E-state index in [1.54, 1.807) is 0 Å². The lowest BCUT2D eigenvalue weighted by atomic mass is 9.86. The van der Waals surface area contributed by atoms with Crippen LogP contribution in [-0.4, -0.2) is 83.0 Å². The lowest BCUT2D eigenvalue weighted by Gasteiger charge is -2.43. The standard InChI is InChI=1S/C20H41N5O6/c1-9(21)13-6-5-10(22)19(30-13)31-15-8-14(11(23)7-12(15)24)29-18(27)16(26)17(25-4)20(2,3)28/h9-15,18-19,25-28H,5-8,21-24H2,1-4H3/b17-16+. The molecule has 11 nitrogen and oxygen atoms in total. The monoisotopic (exact) mass is 447 g/mol. The summed E-state index contributed by atoms with van der Waals surface area (Å²) in [6.07, 6.45) is -1.46. The van der Waals surface area contributed by atoms with E-state index in [9.17, 15) is 15.3 Å². The Hall–Kier alpha value is -1.02. The van der Waals surface area contributed by atoms with Crippen LogP contribution in [0.1, 0.15) is 46.5 Å². The van der Waals surface area contributed by atoms with E-state index in [0.29, 0.717) is 6.42 Å². The van der Waals surface area contributed by atoms with Gasteiger partial charge in [-0.05, 0) is 40.0 Å². The topological polar surface area (TPSA) is 204 Å². The minimum atomic E-state index is -1.68. The second kappa shape index (κ2) is 10.7. The third kappa shape index (κ3) is 6.73. The Morgan fingerprint density at radius 3 is 2.26 bits per heavy atom. The van der Waals surface area contributed by atoms with Crippen LogP contribution in [0.4, 0.5) is 0 Å². The van der Waals surface area contributed by atoms with Crippen LogP contribution < -0.4 is 28.3 Å². The minimum absolute atomic E-state index is 0.0393. The van der Waals surface area contributed by atoms with Crippen LogP contribution in [0.5, 0.6) is 0 Å². The Morgan fingerprint density at radius 2 is 1.71 bits per heavy atom. The number of likely N-dealkylation sites (N-methyl/N-ethyl adjacent to an activating group) is 1. The maximum atomic E-state index is 10.4. The van der Waals surface area contributed by atoms with Crippen LogP contribution >= 0.6 is 0 Å². The second-order valence-corrected chi connectivity index (χ2v) is 9.21. The highest BCUT2D eigenvalue weighted by atomic mass is 16.7.